The van der Waals surface area contributed by atoms with E-state index in [1.807, 2.05) is 18.3 Å². The summed E-state index contributed by atoms with van der Waals surface area (Å²) in [6, 6.07) is 31.7. The summed E-state index contributed by atoms with van der Waals surface area (Å²) >= 11 is 0. The van der Waals surface area contributed by atoms with E-state index in [-0.39, 0.29) is 0 Å². The van der Waals surface area contributed by atoms with Crippen molar-refractivity contribution in [3.05, 3.63) is 109 Å². The van der Waals surface area contributed by atoms with Crippen molar-refractivity contribution >= 4 is 44.1 Å². The Hall–Kier alpha value is -4.75. The van der Waals surface area contributed by atoms with Crippen molar-refractivity contribution in [2.24, 2.45) is 5.92 Å². The van der Waals surface area contributed by atoms with Crippen molar-refractivity contribution < 1.29 is 4.74 Å². The standard InChI is InChI=1S/C38H40N6O/c1-2-11-32-29(7-1)8-5-9-30(32)10-6-19-41-38-34-15-14-31(25-37(34)42-27-43-38)45-26-28-17-22-44(23-18-28)24-21-40-36-16-20-39-35-13-4-3-12-33(35)36/h1-5,7-9,11-16,20,25,27-28H,6,10,17-19,21-24,26H2,(H,39,40)(H,41,42,43). The van der Waals surface area contributed by atoms with Crippen molar-refractivity contribution in [1.29, 1.82) is 0 Å². The predicted octanol–water partition coefficient (Wildman–Crippen LogP) is 7.58. The van der Waals surface area contributed by atoms with E-state index in [2.05, 4.69) is 109 Å². The molecule has 1 aliphatic rings. The Balaban J connectivity index is 0.856. The monoisotopic (exact) mass is 596 g/mol. The second-order valence-electron chi connectivity index (χ2n) is 12.0. The molecule has 7 rings (SSSR count). The molecule has 0 aliphatic carbocycles. The molecule has 0 atom stereocenters. The number of piperidine rings is 1. The van der Waals surface area contributed by atoms with E-state index in [0.717, 1.165) is 98.7 Å². The molecule has 0 amide bonds. The van der Waals surface area contributed by atoms with E-state index in [1.54, 1.807) is 6.33 Å². The number of nitrogens with one attached hydrogen (secondary N) is 2. The molecule has 1 fully saturated rings. The maximum atomic E-state index is 6.27. The number of pyridine rings is 1. The average Bonchev–Trinajstić information content (AvgIpc) is 3.10. The van der Waals surface area contributed by atoms with Crippen LogP contribution >= 0.6 is 0 Å². The number of aryl methyl sites for hydroxylation is 1. The lowest BCUT2D eigenvalue weighted by Gasteiger charge is -2.32. The zero-order valence-electron chi connectivity index (χ0n) is 25.7. The van der Waals surface area contributed by atoms with Gasteiger partial charge in [0.15, 0.2) is 0 Å². The Morgan fingerprint density at radius 2 is 1.58 bits per heavy atom. The summed E-state index contributed by atoms with van der Waals surface area (Å²) < 4.78 is 6.27. The summed E-state index contributed by atoms with van der Waals surface area (Å²) in [6.45, 7) is 5.76. The highest BCUT2D eigenvalue weighted by Gasteiger charge is 2.20. The van der Waals surface area contributed by atoms with E-state index in [1.165, 1.54) is 21.7 Å². The number of likely N-dealkylation sites (tertiary alicyclic amines) is 1. The van der Waals surface area contributed by atoms with Crippen LogP contribution in [0.1, 0.15) is 24.8 Å². The van der Waals surface area contributed by atoms with Gasteiger partial charge in [0.05, 0.1) is 17.6 Å². The summed E-state index contributed by atoms with van der Waals surface area (Å²) in [6.07, 6.45) is 7.87. The van der Waals surface area contributed by atoms with Crippen LogP contribution in [0.2, 0.25) is 0 Å². The van der Waals surface area contributed by atoms with Crippen LogP contribution in [0.25, 0.3) is 32.6 Å². The number of hydrogen-bond acceptors (Lipinski definition) is 7. The Labute approximate surface area is 264 Å². The fourth-order valence-corrected chi connectivity index (χ4v) is 6.45. The number of benzene rings is 4. The Bertz CT molecular complexity index is 1870. The molecule has 3 heterocycles. The van der Waals surface area contributed by atoms with Gasteiger partial charge in [-0.3, -0.25) is 4.98 Å². The van der Waals surface area contributed by atoms with E-state index >= 15 is 0 Å². The van der Waals surface area contributed by atoms with Crippen molar-refractivity contribution in [1.82, 2.24) is 19.9 Å². The minimum Gasteiger partial charge on any atom is -0.493 e. The summed E-state index contributed by atoms with van der Waals surface area (Å²) in [7, 11) is 0. The third-order valence-corrected chi connectivity index (χ3v) is 8.99. The van der Waals surface area contributed by atoms with E-state index in [0.29, 0.717) is 5.92 Å². The summed E-state index contributed by atoms with van der Waals surface area (Å²) in [5.74, 6) is 2.32. The fraction of sp³-hybridized carbons (Fsp3) is 0.289. The lowest BCUT2D eigenvalue weighted by molar-refractivity contribution is 0.145. The molecule has 2 aromatic heterocycles. The zero-order valence-corrected chi connectivity index (χ0v) is 25.7. The predicted molar refractivity (Wildman–Crippen MR) is 185 cm³/mol. The fourth-order valence-electron chi connectivity index (χ4n) is 6.45. The zero-order chi connectivity index (χ0) is 30.3. The average molecular weight is 597 g/mol. The highest BCUT2D eigenvalue weighted by atomic mass is 16.5. The molecule has 1 saturated heterocycles. The van der Waals surface area contributed by atoms with Crippen LogP contribution < -0.4 is 15.4 Å². The maximum Gasteiger partial charge on any atom is 0.137 e. The molecular formula is C38H40N6O. The van der Waals surface area contributed by atoms with Crippen molar-refractivity contribution in [2.75, 3.05) is 50.0 Å². The first-order valence-electron chi connectivity index (χ1n) is 16.2. The number of nitrogens with zero attached hydrogens (tertiary/aromatic N) is 4. The summed E-state index contributed by atoms with van der Waals surface area (Å²) in [5, 5.41) is 12.0. The molecule has 2 N–H and O–H groups in total. The molecule has 228 valence electrons. The molecule has 7 nitrogen and oxygen atoms in total. The van der Waals surface area contributed by atoms with Crippen LogP contribution in [-0.4, -0.2) is 59.2 Å². The SMILES string of the molecule is c1ccc2c(CCCNc3ncnc4cc(OCC5CCN(CCNc6ccnc7ccccc67)CC5)ccc34)cccc2c1. The lowest BCUT2D eigenvalue weighted by Crippen LogP contribution is -2.38. The molecule has 1 aliphatic heterocycles. The van der Waals surface area contributed by atoms with Crippen molar-refractivity contribution in [3.8, 4) is 5.75 Å². The van der Waals surface area contributed by atoms with Gasteiger partial charge in [-0.15, -0.1) is 0 Å². The van der Waals surface area contributed by atoms with E-state index in [4.69, 9.17) is 4.74 Å². The first-order chi connectivity index (χ1) is 22.3. The number of rotatable bonds is 12. The van der Waals surface area contributed by atoms with Crippen molar-refractivity contribution in [2.45, 2.75) is 25.7 Å². The molecular weight excluding hydrogens is 556 g/mol. The normalized spacial score (nSPS) is 14.2. The first kappa shape index (κ1) is 29.0. The number of fused-ring (bicyclic) bond motifs is 3. The Morgan fingerprint density at radius 1 is 0.733 bits per heavy atom. The Kier molecular flexibility index (Phi) is 8.96. The number of ether oxygens (including phenoxy) is 1. The van der Waals surface area contributed by atoms with Gasteiger partial charge in [0, 0.05) is 48.4 Å². The van der Waals surface area contributed by atoms with Crippen LogP contribution in [0.15, 0.2) is 104 Å². The third kappa shape index (κ3) is 6.99. The molecule has 0 spiro atoms. The van der Waals surface area contributed by atoms with Gasteiger partial charge in [0.25, 0.3) is 0 Å². The van der Waals surface area contributed by atoms with Gasteiger partial charge in [0.2, 0.25) is 0 Å². The minimum atomic E-state index is 0.568. The van der Waals surface area contributed by atoms with Crippen molar-refractivity contribution in [3.63, 3.8) is 0 Å². The molecule has 0 saturated carbocycles. The van der Waals surface area contributed by atoms with Crippen LogP contribution in [0.5, 0.6) is 5.75 Å². The van der Waals surface area contributed by atoms with E-state index in [9.17, 15) is 0 Å². The number of hydrogen-bond donors (Lipinski definition) is 2. The lowest BCUT2D eigenvalue weighted by atomic mass is 9.98. The quantitative estimate of drug-likeness (QED) is 0.141. The highest BCUT2D eigenvalue weighted by Crippen LogP contribution is 2.26. The first-order valence-corrected chi connectivity index (χ1v) is 16.2. The molecule has 0 unspecified atom stereocenters. The smallest absolute Gasteiger partial charge is 0.137 e. The highest BCUT2D eigenvalue weighted by molar-refractivity contribution is 5.91. The van der Waals surface area contributed by atoms with Gasteiger partial charge >= 0.3 is 0 Å². The van der Waals surface area contributed by atoms with Gasteiger partial charge in [-0.1, -0.05) is 60.7 Å². The van der Waals surface area contributed by atoms with Gasteiger partial charge < -0.3 is 20.3 Å². The minimum absolute atomic E-state index is 0.568. The molecule has 7 heteroatoms. The third-order valence-electron chi connectivity index (χ3n) is 8.99. The van der Waals surface area contributed by atoms with Crippen LogP contribution in [-0.2, 0) is 6.42 Å². The van der Waals surface area contributed by atoms with Crippen LogP contribution in [0.4, 0.5) is 11.5 Å². The topological polar surface area (TPSA) is 75.2 Å². The Morgan fingerprint density at radius 3 is 2.51 bits per heavy atom. The maximum absolute atomic E-state index is 6.27. The van der Waals surface area contributed by atoms with Gasteiger partial charge in [0.1, 0.15) is 17.9 Å². The molecule has 4 aromatic carbocycles. The second-order valence-corrected chi connectivity index (χ2v) is 12.0. The molecule has 6 aromatic rings. The van der Waals surface area contributed by atoms with Gasteiger partial charge in [-0.25, -0.2) is 9.97 Å². The number of aromatic nitrogens is 3. The van der Waals surface area contributed by atoms with Gasteiger partial charge in [-0.05, 0) is 85.3 Å². The molecule has 45 heavy (non-hydrogen) atoms. The number of para-hydroxylation sites is 1. The largest absolute Gasteiger partial charge is 0.493 e. The molecule has 0 bridgehead atoms. The summed E-state index contributed by atoms with van der Waals surface area (Å²) in [5.41, 5.74) is 4.48. The van der Waals surface area contributed by atoms with Crippen LogP contribution in [0.3, 0.4) is 0 Å². The van der Waals surface area contributed by atoms with Crippen LogP contribution in [0, 0.1) is 5.92 Å². The second kappa shape index (κ2) is 13.9. The number of anilines is 2. The van der Waals surface area contributed by atoms with E-state index < -0.39 is 0 Å². The summed E-state index contributed by atoms with van der Waals surface area (Å²) in [4.78, 5) is 16.1. The molecule has 0 radical (unpaired) electrons. The van der Waals surface area contributed by atoms with Gasteiger partial charge in [-0.2, -0.15) is 0 Å².